The molecule has 0 saturated carbocycles. The maximum absolute atomic E-state index is 11.8. The van der Waals surface area contributed by atoms with Gasteiger partial charge in [-0.25, -0.2) is 4.98 Å². The zero-order valence-corrected chi connectivity index (χ0v) is 14.6. The summed E-state index contributed by atoms with van der Waals surface area (Å²) in [7, 11) is 0. The lowest BCUT2D eigenvalue weighted by atomic mass is 10.1. The molecule has 1 amide bonds. The number of rotatable bonds is 11. The monoisotopic (exact) mass is 354 g/mol. The van der Waals surface area contributed by atoms with Crippen LogP contribution in [-0.2, 0) is 4.79 Å². The third kappa shape index (κ3) is 9.62. The van der Waals surface area contributed by atoms with Crippen LogP contribution in [0.1, 0.15) is 71.1 Å². The molecule has 1 N–H and O–H groups in total. The van der Waals surface area contributed by atoms with Gasteiger partial charge >= 0.3 is 0 Å². The molecule has 0 spiro atoms. The van der Waals surface area contributed by atoms with E-state index in [1.165, 1.54) is 44.9 Å². The lowest BCUT2D eigenvalue weighted by molar-refractivity contribution is -0.116. The van der Waals surface area contributed by atoms with Crippen molar-refractivity contribution in [1.29, 1.82) is 0 Å². The molecule has 118 valence electrons. The summed E-state index contributed by atoms with van der Waals surface area (Å²) >= 11 is 3.29. The lowest BCUT2D eigenvalue weighted by Crippen LogP contribution is -2.12. The Morgan fingerprint density at radius 3 is 2.29 bits per heavy atom. The molecule has 4 heteroatoms. The Morgan fingerprint density at radius 2 is 1.67 bits per heavy atom. The average Bonchev–Trinajstić information content (AvgIpc) is 2.45. The highest BCUT2D eigenvalue weighted by molar-refractivity contribution is 9.10. The van der Waals surface area contributed by atoms with Crippen LogP contribution >= 0.6 is 15.9 Å². The second-order valence-corrected chi connectivity index (χ2v) is 6.28. The molecule has 21 heavy (non-hydrogen) atoms. The molecule has 1 aromatic heterocycles. The number of nitrogens with one attached hydrogen (secondary N) is 1. The summed E-state index contributed by atoms with van der Waals surface area (Å²) in [4.78, 5) is 16.0. The fraction of sp³-hybridized carbons (Fsp3) is 0.647. The SMILES string of the molecule is CCCCCCCCCCCC(=O)Nc1cccc(Br)n1. The summed E-state index contributed by atoms with van der Waals surface area (Å²) in [5.74, 6) is 0.675. The minimum Gasteiger partial charge on any atom is -0.311 e. The van der Waals surface area contributed by atoms with Gasteiger partial charge in [-0.3, -0.25) is 4.79 Å². The van der Waals surface area contributed by atoms with Gasteiger partial charge in [0.1, 0.15) is 10.4 Å². The highest BCUT2D eigenvalue weighted by Crippen LogP contribution is 2.12. The zero-order valence-electron chi connectivity index (χ0n) is 13.0. The molecule has 0 radical (unpaired) electrons. The number of carbonyl (C=O) groups is 1. The van der Waals surface area contributed by atoms with Crippen LogP contribution in [0.4, 0.5) is 5.82 Å². The van der Waals surface area contributed by atoms with Crippen molar-refractivity contribution in [2.45, 2.75) is 71.1 Å². The summed E-state index contributed by atoms with van der Waals surface area (Å²) in [5, 5.41) is 2.83. The van der Waals surface area contributed by atoms with Gasteiger partial charge in [0.25, 0.3) is 0 Å². The first-order valence-electron chi connectivity index (χ1n) is 8.14. The fourth-order valence-electron chi connectivity index (χ4n) is 2.28. The van der Waals surface area contributed by atoms with Crippen LogP contribution in [-0.4, -0.2) is 10.9 Å². The number of amides is 1. The van der Waals surface area contributed by atoms with Crippen LogP contribution < -0.4 is 5.32 Å². The van der Waals surface area contributed by atoms with E-state index in [1.54, 1.807) is 6.07 Å². The second-order valence-electron chi connectivity index (χ2n) is 5.47. The van der Waals surface area contributed by atoms with Crippen molar-refractivity contribution in [1.82, 2.24) is 4.98 Å². The van der Waals surface area contributed by atoms with Crippen molar-refractivity contribution >= 4 is 27.7 Å². The van der Waals surface area contributed by atoms with E-state index < -0.39 is 0 Å². The van der Waals surface area contributed by atoms with E-state index in [4.69, 9.17) is 0 Å². The Bertz CT molecular complexity index is 410. The Balaban J connectivity index is 1.99. The molecule has 0 aliphatic rings. The van der Waals surface area contributed by atoms with Gasteiger partial charge in [0.05, 0.1) is 0 Å². The molecule has 0 aliphatic carbocycles. The molecular weight excluding hydrogens is 328 g/mol. The highest BCUT2D eigenvalue weighted by Gasteiger charge is 2.03. The van der Waals surface area contributed by atoms with Crippen molar-refractivity contribution in [3.63, 3.8) is 0 Å². The number of carbonyl (C=O) groups excluding carboxylic acids is 1. The van der Waals surface area contributed by atoms with Crippen molar-refractivity contribution < 1.29 is 4.79 Å². The number of nitrogens with zero attached hydrogens (tertiary/aromatic N) is 1. The van der Waals surface area contributed by atoms with Crippen LogP contribution in [0.25, 0.3) is 0 Å². The average molecular weight is 355 g/mol. The number of anilines is 1. The first-order valence-corrected chi connectivity index (χ1v) is 8.94. The van der Waals surface area contributed by atoms with Gasteiger partial charge in [0.2, 0.25) is 5.91 Å². The van der Waals surface area contributed by atoms with Crippen molar-refractivity contribution in [2.75, 3.05) is 5.32 Å². The van der Waals surface area contributed by atoms with Gasteiger partial charge in [-0.15, -0.1) is 0 Å². The molecule has 0 bridgehead atoms. The quantitative estimate of drug-likeness (QED) is 0.408. The fourth-order valence-corrected chi connectivity index (χ4v) is 2.62. The Labute approximate surface area is 137 Å². The highest BCUT2D eigenvalue weighted by atomic mass is 79.9. The number of hydrogen-bond donors (Lipinski definition) is 1. The Hall–Kier alpha value is -0.900. The minimum absolute atomic E-state index is 0.0588. The standard InChI is InChI=1S/C17H27BrN2O/c1-2-3-4-5-6-7-8-9-10-14-17(21)20-16-13-11-12-15(18)19-16/h11-13H,2-10,14H2,1H3,(H,19,20,21). The number of halogens is 1. The number of hydrogen-bond acceptors (Lipinski definition) is 2. The van der Waals surface area contributed by atoms with Crippen molar-refractivity contribution in [3.8, 4) is 0 Å². The largest absolute Gasteiger partial charge is 0.311 e. The van der Waals surface area contributed by atoms with Gasteiger partial charge in [-0.05, 0) is 34.5 Å². The molecule has 0 fully saturated rings. The van der Waals surface area contributed by atoms with Crippen LogP contribution in [0.15, 0.2) is 22.8 Å². The predicted molar refractivity (Wildman–Crippen MR) is 92.4 cm³/mol. The minimum atomic E-state index is 0.0588. The zero-order chi connectivity index (χ0) is 15.3. The predicted octanol–water partition coefficient (Wildman–Crippen LogP) is 5.70. The normalized spacial score (nSPS) is 10.6. The Kier molecular flexibility index (Phi) is 10.1. The van der Waals surface area contributed by atoms with Gasteiger partial charge in [-0.2, -0.15) is 0 Å². The first-order chi connectivity index (χ1) is 10.2. The van der Waals surface area contributed by atoms with E-state index in [1.807, 2.05) is 12.1 Å². The van der Waals surface area contributed by atoms with E-state index in [2.05, 4.69) is 33.2 Å². The number of aromatic nitrogens is 1. The van der Waals surface area contributed by atoms with Crippen molar-refractivity contribution in [2.24, 2.45) is 0 Å². The first kappa shape index (κ1) is 18.1. The smallest absolute Gasteiger partial charge is 0.225 e. The van der Waals surface area contributed by atoms with Gasteiger partial charge in [0.15, 0.2) is 0 Å². The molecule has 0 unspecified atom stereocenters. The third-order valence-electron chi connectivity index (χ3n) is 3.49. The molecule has 1 aromatic rings. The summed E-state index contributed by atoms with van der Waals surface area (Å²) in [6.45, 7) is 2.24. The summed E-state index contributed by atoms with van der Waals surface area (Å²) < 4.78 is 0.739. The lowest BCUT2D eigenvalue weighted by Gasteiger charge is -2.05. The maximum Gasteiger partial charge on any atom is 0.225 e. The molecule has 1 heterocycles. The molecule has 0 aliphatic heterocycles. The van der Waals surface area contributed by atoms with Crippen molar-refractivity contribution in [3.05, 3.63) is 22.8 Å². The molecule has 0 saturated heterocycles. The van der Waals surface area contributed by atoms with Gasteiger partial charge in [-0.1, -0.05) is 64.4 Å². The molecule has 1 rings (SSSR count). The summed E-state index contributed by atoms with van der Waals surface area (Å²) in [5.41, 5.74) is 0. The molecule has 0 aromatic carbocycles. The van der Waals surface area contributed by atoms with Gasteiger partial charge in [0, 0.05) is 6.42 Å². The van der Waals surface area contributed by atoms with E-state index in [0.717, 1.165) is 17.4 Å². The Morgan fingerprint density at radius 1 is 1.05 bits per heavy atom. The van der Waals surface area contributed by atoms with Crippen LogP contribution in [0.2, 0.25) is 0 Å². The number of unbranched alkanes of at least 4 members (excludes halogenated alkanes) is 8. The maximum atomic E-state index is 11.8. The van der Waals surface area contributed by atoms with Gasteiger partial charge < -0.3 is 5.32 Å². The second kappa shape index (κ2) is 11.7. The van der Waals surface area contributed by atoms with E-state index >= 15 is 0 Å². The molecule has 0 atom stereocenters. The van der Waals surface area contributed by atoms with E-state index in [0.29, 0.717) is 12.2 Å². The molecule has 3 nitrogen and oxygen atoms in total. The third-order valence-corrected chi connectivity index (χ3v) is 3.93. The van der Waals surface area contributed by atoms with Crippen LogP contribution in [0, 0.1) is 0 Å². The van der Waals surface area contributed by atoms with E-state index in [9.17, 15) is 4.79 Å². The summed E-state index contributed by atoms with van der Waals surface area (Å²) in [6, 6.07) is 5.51. The van der Waals surface area contributed by atoms with Crippen LogP contribution in [0.5, 0.6) is 0 Å². The van der Waals surface area contributed by atoms with E-state index in [-0.39, 0.29) is 5.91 Å². The topological polar surface area (TPSA) is 42.0 Å². The molecular formula is C17H27BrN2O. The van der Waals surface area contributed by atoms with Crippen LogP contribution in [0.3, 0.4) is 0 Å². The number of pyridine rings is 1. The summed E-state index contributed by atoms with van der Waals surface area (Å²) in [6.07, 6.45) is 12.0.